The lowest BCUT2D eigenvalue weighted by Gasteiger charge is -2.26. The fourth-order valence-corrected chi connectivity index (χ4v) is 2.00. The SMILES string of the molecule is N[C@H]1CC=CCCN(Cc2ccccc2)C1=O. The summed E-state index contributed by atoms with van der Waals surface area (Å²) in [4.78, 5) is 13.9. The quantitative estimate of drug-likeness (QED) is 0.786. The number of rotatable bonds is 2. The maximum Gasteiger partial charge on any atom is 0.240 e. The van der Waals surface area contributed by atoms with Crippen molar-refractivity contribution < 1.29 is 4.79 Å². The second kappa shape index (κ2) is 5.64. The van der Waals surface area contributed by atoms with E-state index in [0.29, 0.717) is 13.0 Å². The Bertz CT molecular complexity index is 400. The molecule has 0 aliphatic carbocycles. The van der Waals surface area contributed by atoms with Crippen LogP contribution in [0.25, 0.3) is 0 Å². The van der Waals surface area contributed by atoms with E-state index in [0.717, 1.165) is 18.5 Å². The van der Waals surface area contributed by atoms with E-state index in [2.05, 4.69) is 6.08 Å². The molecular weight excluding hydrogens is 212 g/mol. The fraction of sp³-hybridized carbons (Fsp3) is 0.357. The minimum absolute atomic E-state index is 0.0539. The number of hydrogen-bond donors (Lipinski definition) is 1. The molecule has 1 aromatic rings. The Kier molecular flexibility index (Phi) is 3.94. The number of hydrogen-bond acceptors (Lipinski definition) is 2. The van der Waals surface area contributed by atoms with Crippen molar-refractivity contribution in [3.8, 4) is 0 Å². The lowest BCUT2D eigenvalue weighted by molar-refractivity contribution is -0.133. The van der Waals surface area contributed by atoms with Gasteiger partial charge in [-0.1, -0.05) is 42.5 Å². The van der Waals surface area contributed by atoms with E-state index < -0.39 is 6.04 Å². The van der Waals surface area contributed by atoms with Gasteiger partial charge in [0.15, 0.2) is 0 Å². The summed E-state index contributed by atoms with van der Waals surface area (Å²) in [6, 6.07) is 9.64. The van der Waals surface area contributed by atoms with Crippen LogP contribution in [0.15, 0.2) is 42.5 Å². The predicted octanol–water partition coefficient (Wildman–Crippen LogP) is 1.69. The molecule has 90 valence electrons. The predicted molar refractivity (Wildman–Crippen MR) is 68.2 cm³/mol. The summed E-state index contributed by atoms with van der Waals surface area (Å²) in [5.74, 6) is 0.0539. The Morgan fingerprint density at radius 2 is 2.00 bits per heavy atom. The van der Waals surface area contributed by atoms with Gasteiger partial charge in [0, 0.05) is 13.1 Å². The summed E-state index contributed by atoms with van der Waals surface area (Å²) in [6.07, 6.45) is 5.65. The molecule has 1 amide bonds. The number of benzene rings is 1. The monoisotopic (exact) mass is 230 g/mol. The molecule has 0 fully saturated rings. The van der Waals surface area contributed by atoms with Gasteiger partial charge in [0.25, 0.3) is 0 Å². The van der Waals surface area contributed by atoms with Gasteiger partial charge < -0.3 is 10.6 Å². The van der Waals surface area contributed by atoms with Crippen LogP contribution >= 0.6 is 0 Å². The topological polar surface area (TPSA) is 46.3 Å². The average molecular weight is 230 g/mol. The minimum atomic E-state index is -0.393. The molecule has 0 spiro atoms. The molecule has 0 aromatic heterocycles. The van der Waals surface area contributed by atoms with E-state index in [4.69, 9.17) is 5.73 Å². The first-order chi connectivity index (χ1) is 8.27. The van der Waals surface area contributed by atoms with Crippen molar-refractivity contribution in [3.05, 3.63) is 48.0 Å². The van der Waals surface area contributed by atoms with Gasteiger partial charge in [-0.15, -0.1) is 0 Å². The van der Waals surface area contributed by atoms with E-state index >= 15 is 0 Å². The van der Waals surface area contributed by atoms with Gasteiger partial charge in [0.1, 0.15) is 0 Å². The zero-order valence-electron chi connectivity index (χ0n) is 9.88. The molecule has 2 rings (SSSR count). The van der Waals surface area contributed by atoms with Crippen molar-refractivity contribution in [2.45, 2.75) is 25.4 Å². The summed E-state index contributed by atoms with van der Waals surface area (Å²) in [5, 5.41) is 0. The molecule has 0 bridgehead atoms. The molecule has 3 nitrogen and oxygen atoms in total. The van der Waals surface area contributed by atoms with Gasteiger partial charge in [-0.3, -0.25) is 4.79 Å². The lowest BCUT2D eigenvalue weighted by atomic mass is 10.1. The third-order valence-electron chi connectivity index (χ3n) is 2.97. The molecule has 2 N–H and O–H groups in total. The molecule has 0 radical (unpaired) electrons. The van der Waals surface area contributed by atoms with Crippen LogP contribution in [0.2, 0.25) is 0 Å². The number of nitrogens with two attached hydrogens (primary N) is 1. The number of carbonyl (C=O) groups excluding carboxylic acids is 1. The maximum atomic E-state index is 12.1. The average Bonchev–Trinajstić information content (AvgIpc) is 2.36. The van der Waals surface area contributed by atoms with Gasteiger partial charge >= 0.3 is 0 Å². The normalized spacial score (nSPS) is 21.1. The summed E-state index contributed by atoms with van der Waals surface area (Å²) in [7, 11) is 0. The Morgan fingerprint density at radius 1 is 1.24 bits per heavy atom. The fourth-order valence-electron chi connectivity index (χ4n) is 2.00. The van der Waals surface area contributed by atoms with Crippen molar-refractivity contribution >= 4 is 5.91 Å². The van der Waals surface area contributed by atoms with Crippen LogP contribution < -0.4 is 5.73 Å². The smallest absolute Gasteiger partial charge is 0.240 e. The summed E-state index contributed by atoms with van der Waals surface area (Å²) >= 11 is 0. The second-order valence-corrected chi connectivity index (χ2v) is 4.35. The lowest BCUT2D eigenvalue weighted by Crippen LogP contribution is -2.44. The highest BCUT2D eigenvalue weighted by molar-refractivity contribution is 5.82. The first-order valence-corrected chi connectivity index (χ1v) is 6.00. The molecule has 17 heavy (non-hydrogen) atoms. The summed E-state index contributed by atoms with van der Waals surface area (Å²) in [6.45, 7) is 1.40. The Labute approximate surface area is 102 Å². The molecule has 1 aliphatic rings. The van der Waals surface area contributed by atoms with Crippen molar-refractivity contribution in [2.24, 2.45) is 5.73 Å². The van der Waals surface area contributed by atoms with Gasteiger partial charge in [0.2, 0.25) is 5.91 Å². The first kappa shape index (κ1) is 11.9. The zero-order valence-corrected chi connectivity index (χ0v) is 9.88. The van der Waals surface area contributed by atoms with Gasteiger partial charge in [-0.05, 0) is 18.4 Å². The maximum absolute atomic E-state index is 12.1. The summed E-state index contributed by atoms with van der Waals surface area (Å²) in [5.41, 5.74) is 7.00. The van der Waals surface area contributed by atoms with E-state index in [1.165, 1.54) is 0 Å². The summed E-state index contributed by atoms with van der Waals surface area (Å²) < 4.78 is 0. The first-order valence-electron chi connectivity index (χ1n) is 6.00. The highest BCUT2D eigenvalue weighted by atomic mass is 16.2. The van der Waals surface area contributed by atoms with E-state index in [9.17, 15) is 4.79 Å². The third kappa shape index (κ3) is 3.17. The molecule has 1 aromatic carbocycles. The molecule has 1 heterocycles. The van der Waals surface area contributed by atoms with Crippen molar-refractivity contribution in [3.63, 3.8) is 0 Å². The van der Waals surface area contributed by atoms with Crippen molar-refractivity contribution in [2.75, 3.05) is 6.54 Å². The Morgan fingerprint density at radius 3 is 2.76 bits per heavy atom. The van der Waals surface area contributed by atoms with Crippen LogP contribution in [0.3, 0.4) is 0 Å². The van der Waals surface area contributed by atoms with Crippen molar-refractivity contribution in [1.29, 1.82) is 0 Å². The number of carbonyl (C=O) groups is 1. The molecular formula is C14H18N2O. The minimum Gasteiger partial charge on any atom is -0.337 e. The van der Waals surface area contributed by atoms with Gasteiger partial charge in [-0.2, -0.15) is 0 Å². The zero-order chi connectivity index (χ0) is 12.1. The third-order valence-corrected chi connectivity index (χ3v) is 2.97. The second-order valence-electron chi connectivity index (χ2n) is 4.35. The highest BCUT2D eigenvalue weighted by Crippen LogP contribution is 2.10. The molecule has 1 atom stereocenters. The largest absolute Gasteiger partial charge is 0.337 e. The van der Waals surface area contributed by atoms with E-state index in [1.54, 1.807) is 0 Å². The van der Waals surface area contributed by atoms with E-state index in [-0.39, 0.29) is 5.91 Å². The van der Waals surface area contributed by atoms with Crippen LogP contribution in [-0.4, -0.2) is 23.4 Å². The van der Waals surface area contributed by atoms with Crippen molar-refractivity contribution in [1.82, 2.24) is 4.90 Å². The molecule has 0 saturated carbocycles. The van der Waals surface area contributed by atoms with Crippen LogP contribution in [0.5, 0.6) is 0 Å². The molecule has 0 saturated heterocycles. The Hall–Kier alpha value is -1.61. The molecule has 3 heteroatoms. The van der Waals surface area contributed by atoms with E-state index in [1.807, 2.05) is 41.3 Å². The van der Waals surface area contributed by atoms with Gasteiger partial charge in [-0.25, -0.2) is 0 Å². The standard InChI is InChI=1S/C14H18N2O/c15-13-9-5-2-6-10-16(14(13)17)11-12-7-3-1-4-8-12/h1-5,7-8,13H,6,9-11,15H2/t13-/m0/s1. The van der Waals surface area contributed by atoms with Crippen LogP contribution in [0.4, 0.5) is 0 Å². The van der Waals surface area contributed by atoms with Crippen LogP contribution in [0, 0.1) is 0 Å². The molecule has 1 aliphatic heterocycles. The van der Waals surface area contributed by atoms with Gasteiger partial charge in [0.05, 0.1) is 6.04 Å². The number of nitrogens with zero attached hydrogens (tertiary/aromatic N) is 1. The molecule has 0 unspecified atom stereocenters. The Balaban J connectivity index is 2.08. The van der Waals surface area contributed by atoms with Crippen LogP contribution in [0.1, 0.15) is 18.4 Å². The number of amides is 1. The van der Waals surface area contributed by atoms with Crippen LogP contribution in [-0.2, 0) is 11.3 Å². The highest BCUT2D eigenvalue weighted by Gasteiger charge is 2.20.